The van der Waals surface area contributed by atoms with E-state index in [1.807, 2.05) is 25.1 Å². The van der Waals surface area contributed by atoms with E-state index < -0.39 is 9.84 Å². The van der Waals surface area contributed by atoms with Crippen LogP contribution in [-0.4, -0.2) is 38.6 Å². The number of nitrogens with one attached hydrogen (secondary N) is 2. The second kappa shape index (κ2) is 6.03. The van der Waals surface area contributed by atoms with Crippen molar-refractivity contribution in [3.05, 3.63) is 35.9 Å². The smallest absolute Gasteiger partial charge is 0.152 e. The van der Waals surface area contributed by atoms with Gasteiger partial charge in [0.1, 0.15) is 0 Å². The Balaban J connectivity index is 1.65. The summed E-state index contributed by atoms with van der Waals surface area (Å²) in [6.45, 7) is 4.47. The van der Waals surface area contributed by atoms with Crippen LogP contribution in [0.3, 0.4) is 0 Å². The van der Waals surface area contributed by atoms with Gasteiger partial charge in [-0.2, -0.15) is 0 Å². The zero-order valence-electron chi connectivity index (χ0n) is 11.4. The maximum absolute atomic E-state index is 11.5. The van der Waals surface area contributed by atoms with Crippen LogP contribution >= 0.6 is 0 Å². The molecule has 106 valence electrons. The van der Waals surface area contributed by atoms with Crippen molar-refractivity contribution in [3.8, 4) is 0 Å². The molecule has 19 heavy (non-hydrogen) atoms. The normalized spacial score (nSPS) is 25.5. The average molecular weight is 282 g/mol. The number of hydrogen-bond donors (Lipinski definition) is 2. The van der Waals surface area contributed by atoms with Gasteiger partial charge in [-0.1, -0.05) is 30.3 Å². The summed E-state index contributed by atoms with van der Waals surface area (Å²) >= 11 is 0. The van der Waals surface area contributed by atoms with Crippen molar-refractivity contribution in [2.45, 2.75) is 25.4 Å². The fraction of sp³-hybridized carbons (Fsp3) is 0.571. The fourth-order valence-electron chi connectivity index (χ4n) is 2.43. The summed E-state index contributed by atoms with van der Waals surface area (Å²) in [5.41, 5.74) is 1.02. The Morgan fingerprint density at radius 3 is 2.58 bits per heavy atom. The van der Waals surface area contributed by atoms with Crippen LogP contribution in [0.25, 0.3) is 0 Å². The van der Waals surface area contributed by atoms with Crippen molar-refractivity contribution in [3.63, 3.8) is 0 Å². The molecule has 0 saturated carbocycles. The van der Waals surface area contributed by atoms with E-state index in [1.165, 1.54) is 5.56 Å². The third-order valence-corrected chi connectivity index (χ3v) is 5.43. The van der Waals surface area contributed by atoms with Crippen molar-refractivity contribution in [2.24, 2.45) is 0 Å². The number of sulfone groups is 1. The van der Waals surface area contributed by atoms with Gasteiger partial charge in [0.2, 0.25) is 0 Å². The van der Waals surface area contributed by atoms with Gasteiger partial charge >= 0.3 is 0 Å². The van der Waals surface area contributed by atoms with Gasteiger partial charge < -0.3 is 10.6 Å². The van der Waals surface area contributed by atoms with Crippen LogP contribution in [0.15, 0.2) is 30.3 Å². The summed E-state index contributed by atoms with van der Waals surface area (Å²) in [5, 5.41) is 6.71. The molecule has 1 aliphatic rings. The van der Waals surface area contributed by atoms with Crippen LogP contribution in [0.2, 0.25) is 0 Å². The molecule has 1 aromatic rings. The Labute approximate surface area is 115 Å². The second-order valence-corrected chi connectivity index (χ2v) is 7.68. The summed E-state index contributed by atoms with van der Waals surface area (Å²) in [6.07, 6.45) is 0.716. The molecule has 1 saturated heterocycles. The van der Waals surface area contributed by atoms with Gasteiger partial charge in [-0.25, -0.2) is 8.42 Å². The first-order chi connectivity index (χ1) is 8.99. The van der Waals surface area contributed by atoms with Gasteiger partial charge in [0.15, 0.2) is 9.84 Å². The summed E-state index contributed by atoms with van der Waals surface area (Å²) in [6, 6.07) is 10.2. The topological polar surface area (TPSA) is 58.2 Å². The third kappa shape index (κ3) is 4.60. The van der Waals surface area contributed by atoms with Crippen LogP contribution < -0.4 is 10.6 Å². The summed E-state index contributed by atoms with van der Waals surface area (Å²) in [7, 11) is -2.82. The molecule has 0 aromatic heterocycles. The molecular weight excluding hydrogens is 260 g/mol. The van der Waals surface area contributed by atoms with Crippen molar-refractivity contribution >= 4 is 9.84 Å². The van der Waals surface area contributed by atoms with Gasteiger partial charge in [-0.15, -0.1) is 0 Å². The molecule has 0 aliphatic carbocycles. The van der Waals surface area contributed by atoms with Crippen LogP contribution in [0.1, 0.15) is 18.9 Å². The van der Waals surface area contributed by atoms with Gasteiger partial charge in [0.25, 0.3) is 0 Å². The van der Waals surface area contributed by atoms with E-state index in [9.17, 15) is 8.42 Å². The average Bonchev–Trinajstić information content (AvgIpc) is 2.65. The highest BCUT2D eigenvalue weighted by molar-refractivity contribution is 7.91. The van der Waals surface area contributed by atoms with Crippen LogP contribution in [0, 0.1) is 0 Å². The highest BCUT2D eigenvalue weighted by Crippen LogP contribution is 2.22. The molecular formula is C14H22N2O2S. The largest absolute Gasteiger partial charge is 0.311 e. The first-order valence-electron chi connectivity index (χ1n) is 6.69. The molecule has 0 spiro atoms. The maximum Gasteiger partial charge on any atom is 0.152 e. The van der Waals surface area contributed by atoms with Crippen LogP contribution in [-0.2, 0) is 16.4 Å². The Hall–Kier alpha value is -0.910. The Bertz CT molecular complexity index is 501. The lowest BCUT2D eigenvalue weighted by Crippen LogP contribution is -2.46. The molecule has 1 heterocycles. The molecule has 1 aromatic carbocycles. The van der Waals surface area contributed by atoms with E-state index in [1.54, 1.807) is 0 Å². The first kappa shape index (κ1) is 14.5. The molecule has 2 N–H and O–H groups in total. The molecule has 0 unspecified atom stereocenters. The molecule has 1 atom stereocenters. The molecule has 2 rings (SSSR count). The molecule has 1 aliphatic heterocycles. The summed E-state index contributed by atoms with van der Waals surface area (Å²) in [5.74, 6) is 0.576. The molecule has 0 radical (unpaired) electrons. The first-order valence-corrected chi connectivity index (χ1v) is 8.51. The quantitative estimate of drug-likeness (QED) is 0.763. The van der Waals surface area contributed by atoms with E-state index in [0.717, 1.165) is 19.6 Å². The van der Waals surface area contributed by atoms with E-state index >= 15 is 0 Å². The lowest BCUT2D eigenvalue weighted by Gasteiger charge is -2.24. The van der Waals surface area contributed by atoms with Gasteiger partial charge in [-0.3, -0.25) is 0 Å². The molecule has 5 heteroatoms. The SMILES string of the molecule is C[C@@]1(NCCNCc2ccccc2)CCS(=O)(=O)C1. The minimum absolute atomic E-state index is 0.243. The standard InChI is InChI=1S/C14H22N2O2S/c1-14(7-10-19(17,18)12-14)16-9-8-15-11-13-5-3-2-4-6-13/h2-6,15-16H,7-12H2,1H3/t14-/m1/s1. The highest BCUT2D eigenvalue weighted by atomic mass is 32.2. The second-order valence-electron chi connectivity index (χ2n) is 5.49. The summed E-state index contributed by atoms with van der Waals surface area (Å²) in [4.78, 5) is 0. The lowest BCUT2D eigenvalue weighted by atomic mass is 10.0. The zero-order chi connectivity index (χ0) is 13.8. The number of hydrogen-bond acceptors (Lipinski definition) is 4. The van der Waals surface area contributed by atoms with Crippen LogP contribution in [0.5, 0.6) is 0 Å². The Morgan fingerprint density at radius 1 is 1.21 bits per heavy atom. The van der Waals surface area contributed by atoms with Crippen LogP contribution in [0.4, 0.5) is 0 Å². The lowest BCUT2D eigenvalue weighted by molar-refractivity contribution is 0.395. The van der Waals surface area contributed by atoms with Crippen molar-refractivity contribution in [1.82, 2.24) is 10.6 Å². The van der Waals surface area contributed by atoms with Crippen molar-refractivity contribution in [2.75, 3.05) is 24.6 Å². The zero-order valence-corrected chi connectivity index (χ0v) is 12.2. The minimum Gasteiger partial charge on any atom is -0.311 e. The molecule has 0 amide bonds. The molecule has 1 fully saturated rings. The highest BCUT2D eigenvalue weighted by Gasteiger charge is 2.37. The van der Waals surface area contributed by atoms with Crippen molar-refractivity contribution < 1.29 is 8.42 Å². The number of rotatable bonds is 6. The van der Waals surface area contributed by atoms with E-state index in [-0.39, 0.29) is 11.3 Å². The van der Waals surface area contributed by atoms with E-state index in [2.05, 4.69) is 22.8 Å². The van der Waals surface area contributed by atoms with Gasteiger partial charge in [-0.05, 0) is 18.9 Å². The predicted molar refractivity (Wildman–Crippen MR) is 77.8 cm³/mol. The van der Waals surface area contributed by atoms with E-state index in [0.29, 0.717) is 12.2 Å². The predicted octanol–water partition coefficient (Wildman–Crippen LogP) is 0.943. The molecule has 0 bridgehead atoms. The Morgan fingerprint density at radius 2 is 1.95 bits per heavy atom. The Kier molecular flexibility index (Phi) is 4.60. The maximum atomic E-state index is 11.5. The monoisotopic (exact) mass is 282 g/mol. The van der Waals surface area contributed by atoms with Crippen molar-refractivity contribution in [1.29, 1.82) is 0 Å². The summed E-state index contributed by atoms with van der Waals surface area (Å²) < 4.78 is 22.9. The van der Waals surface area contributed by atoms with Gasteiger partial charge in [0, 0.05) is 25.2 Å². The van der Waals surface area contributed by atoms with Gasteiger partial charge in [0.05, 0.1) is 11.5 Å². The fourth-order valence-corrected chi connectivity index (χ4v) is 4.55. The number of benzene rings is 1. The van der Waals surface area contributed by atoms with E-state index in [4.69, 9.17) is 0 Å². The molecule has 4 nitrogen and oxygen atoms in total. The minimum atomic E-state index is -2.82. The third-order valence-electron chi connectivity index (χ3n) is 3.53.